The van der Waals surface area contributed by atoms with Gasteiger partial charge < -0.3 is 19.9 Å². The second-order valence-corrected chi connectivity index (χ2v) is 5.35. The van der Waals surface area contributed by atoms with Gasteiger partial charge >= 0.3 is 0 Å². The first-order valence-electron chi connectivity index (χ1n) is 7.40. The average Bonchev–Trinajstić information content (AvgIpc) is 2.55. The van der Waals surface area contributed by atoms with Gasteiger partial charge in [0.25, 0.3) is 0 Å². The highest BCUT2D eigenvalue weighted by Gasteiger charge is 2.15. The zero-order chi connectivity index (χ0) is 14.5. The highest BCUT2D eigenvalue weighted by atomic mass is 16.6. The van der Waals surface area contributed by atoms with Crippen LogP contribution in [0.25, 0.3) is 10.8 Å². The Hall–Kier alpha value is -1.46. The smallest absolute Gasteiger partial charge is 0.0933 e. The number of fused-ring (bicyclic) bond motifs is 1. The Kier molecular flexibility index (Phi) is 4.83. The fourth-order valence-electron chi connectivity index (χ4n) is 2.57. The molecule has 2 atom stereocenters. The average molecular weight is 287 g/mol. The van der Waals surface area contributed by atoms with Crippen molar-refractivity contribution < 1.29 is 14.6 Å². The Bertz CT molecular complexity index is 581. The van der Waals surface area contributed by atoms with Crippen LogP contribution in [0.15, 0.2) is 42.5 Å². The number of benzene rings is 2. The van der Waals surface area contributed by atoms with Crippen LogP contribution in [-0.4, -0.2) is 44.1 Å². The number of aliphatic hydroxyl groups is 1. The van der Waals surface area contributed by atoms with Gasteiger partial charge in [0.2, 0.25) is 0 Å². The molecule has 0 amide bonds. The summed E-state index contributed by atoms with van der Waals surface area (Å²) >= 11 is 0. The molecule has 4 heteroatoms. The van der Waals surface area contributed by atoms with Crippen LogP contribution >= 0.6 is 0 Å². The van der Waals surface area contributed by atoms with E-state index < -0.39 is 6.10 Å². The Morgan fingerprint density at radius 3 is 2.81 bits per heavy atom. The Morgan fingerprint density at radius 1 is 1.14 bits per heavy atom. The molecule has 1 fully saturated rings. The van der Waals surface area contributed by atoms with Crippen molar-refractivity contribution in [1.82, 2.24) is 5.32 Å². The Labute approximate surface area is 124 Å². The summed E-state index contributed by atoms with van der Waals surface area (Å²) < 4.78 is 10.9. The number of hydrogen-bond acceptors (Lipinski definition) is 4. The van der Waals surface area contributed by atoms with E-state index >= 15 is 0 Å². The molecule has 0 aromatic heterocycles. The van der Waals surface area contributed by atoms with Gasteiger partial charge in [0.1, 0.15) is 0 Å². The van der Waals surface area contributed by atoms with Crippen molar-refractivity contribution in [2.75, 3.05) is 32.9 Å². The summed E-state index contributed by atoms with van der Waals surface area (Å²) in [7, 11) is 0. The third-order valence-corrected chi connectivity index (χ3v) is 3.75. The fourth-order valence-corrected chi connectivity index (χ4v) is 2.57. The van der Waals surface area contributed by atoms with Gasteiger partial charge in [0.05, 0.1) is 32.0 Å². The number of aliphatic hydroxyl groups excluding tert-OH is 1. The van der Waals surface area contributed by atoms with Gasteiger partial charge in [0.15, 0.2) is 0 Å². The van der Waals surface area contributed by atoms with E-state index in [1.54, 1.807) is 0 Å². The third-order valence-electron chi connectivity index (χ3n) is 3.75. The van der Waals surface area contributed by atoms with E-state index in [0.717, 1.165) is 10.9 Å². The summed E-state index contributed by atoms with van der Waals surface area (Å²) in [6, 6.07) is 14.2. The zero-order valence-corrected chi connectivity index (χ0v) is 12.0. The van der Waals surface area contributed by atoms with Crippen LogP contribution < -0.4 is 5.32 Å². The molecule has 0 radical (unpaired) electrons. The first-order chi connectivity index (χ1) is 10.3. The first kappa shape index (κ1) is 14.5. The summed E-state index contributed by atoms with van der Waals surface area (Å²) in [5.74, 6) is 0. The highest BCUT2D eigenvalue weighted by Crippen LogP contribution is 2.20. The lowest BCUT2D eigenvalue weighted by Gasteiger charge is -2.23. The molecule has 0 bridgehead atoms. The van der Waals surface area contributed by atoms with E-state index in [0.29, 0.717) is 32.9 Å². The molecule has 1 heterocycles. The number of ether oxygens (including phenoxy) is 2. The molecule has 2 unspecified atom stereocenters. The van der Waals surface area contributed by atoms with Gasteiger partial charge in [-0.3, -0.25) is 0 Å². The van der Waals surface area contributed by atoms with Crippen LogP contribution in [0.5, 0.6) is 0 Å². The van der Waals surface area contributed by atoms with Gasteiger partial charge in [-0.15, -0.1) is 0 Å². The molecule has 2 N–H and O–H groups in total. The molecule has 3 rings (SSSR count). The van der Waals surface area contributed by atoms with Gasteiger partial charge in [-0.25, -0.2) is 0 Å². The largest absolute Gasteiger partial charge is 0.387 e. The van der Waals surface area contributed by atoms with Crippen molar-refractivity contribution in [2.45, 2.75) is 12.2 Å². The minimum atomic E-state index is -0.515. The highest BCUT2D eigenvalue weighted by molar-refractivity contribution is 5.83. The van der Waals surface area contributed by atoms with E-state index in [1.165, 1.54) is 5.39 Å². The van der Waals surface area contributed by atoms with Crippen LogP contribution in [0.4, 0.5) is 0 Å². The van der Waals surface area contributed by atoms with E-state index in [9.17, 15) is 5.11 Å². The van der Waals surface area contributed by atoms with Crippen LogP contribution in [0.1, 0.15) is 11.7 Å². The lowest BCUT2D eigenvalue weighted by Crippen LogP contribution is -2.38. The Balaban J connectivity index is 1.54. The van der Waals surface area contributed by atoms with Crippen LogP contribution in [0, 0.1) is 0 Å². The van der Waals surface area contributed by atoms with E-state index in [1.807, 2.05) is 30.3 Å². The fraction of sp³-hybridized carbons (Fsp3) is 0.412. The maximum atomic E-state index is 10.3. The SMILES string of the molecule is OC(CNCC1COCCO1)c1ccc2ccccc2c1. The second kappa shape index (κ2) is 7.00. The van der Waals surface area contributed by atoms with Crippen molar-refractivity contribution in [1.29, 1.82) is 0 Å². The lowest BCUT2D eigenvalue weighted by molar-refractivity contribution is -0.0868. The van der Waals surface area contributed by atoms with Crippen molar-refractivity contribution in [3.05, 3.63) is 48.0 Å². The van der Waals surface area contributed by atoms with Crippen LogP contribution in [0.2, 0.25) is 0 Å². The van der Waals surface area contributed by atoms with Gasteiger partial charge in [0, 0.05) is 13.1 Å². The predicted octanol–water partition coefficient (Wildman–Crippen LogP) is 1.88. The van der Waals surface area contributed by atoms with E-state index in [-0.39, 0.29) is 6.10 Å². The number of hydrogen-bond donors (Lipinski definition) is 2. The minimum absolute atomic E-state index is 0.0857. The van der Waals surface area contributed by atoms with E-state index in [2.05, 4.69) is 17.4 Å². The molecular formula is C17H21NO3. The van der Waals surface area contributed by atoms with Crippen LogP contribution in [-0.2, 0) is 9.47 Å². The number of nitrogens with one attached hydrogen (secondary N) is 1. The first-order valence-corrected chi connectivity index (χ1v) is 7.40. The Morgan fingerprint density at radius 2 is 2.00 bits per heavy atom. The second-order valence-electron chi connectivity index (χ2n) is 5.35. The summed E-state index contributed by atoms with van der Waals surface area (Å²) in [6.45, 7) is 3.16. The summed E-state index contributed by atoms with van der Waals surface area (Å²) in [6.07, 6.45) is -0.429. The summed E-state index contributed by atoms with van der Waals surface area (Å²) in [4.78, 5) is 0. The molecule has 2 aromatic rings. The van der Waals surface area contributed by atoms with Gasteiger partial charge in [-0.05, 0) is 22.4 Å². The third kappa shape index (κ3) is 3.80. The normalized spacial score (nSPS) is 20.5. The molecule has 0 spiro atoms. The maximum Gasteiger partial charge on any atom is 0.0933 e. The molecule has 1 aliphatic heterocycles. The number of rotatable bonds is 5. The quantitative estimate of drug-likeness (QED) is 0.881. The molecule has 1 aliphatic rings. The molecular weight excluding hydrogens is 266 g/mol. The molecule has 4 nitrogen and oxygen atoms in total. The van der Waals surface area contributed by atoms with Gasteiger partial charge in [-0.1, -0.05) is 36.4 Å². The standard InChI is InChI=1S/C17H21NO3/c19-17(11-18-10-16-12-20-7-8-21-16)15-6-5-13-3-1-2-4-14(13)9-15/h1-6,9,16-19H,7-8,10-12H2. The topological polar surface area (TPSA) is 50.7 Å². The van der Waals surface area contributed by atoms with E-state index in [4.69, 9.17) is 9.47 Å². The maximum absolute atomic E-state index is 10.3. The summed E-state index contributed by atoms with van der Waals surface area (Å²) in [5.41, 5.74) is 0.932. The van der Waals surface area contributed by atoms with Gasteiger partial charge in [-0.2, -0.15) is 0 Å². The molecule has 0 saturated carbocycles. The molecule has 21 heavy (non-hydrogen) atoms. The monoisotopic (exact) mass is 287 g/mol. The lowest BCUT2D eigenvalue weighted by atomic mass is 10.0. The van der Waals surface area contributed by atoms with Crippen molar-refractivity contribution in [3.8, 4) is 0 Å². The summed E-state index contributed by atoms with van der Waals surface area (Å²) in [5, 5.41) is 15.9. The van der Waals surface area contributed by atoms with Crippen molar-refractivity contribution in [3.63, 3.8) is 0 Å². The minimum Gasteiger partial charge on any atom is -0.387 e. The van der Waals surface area contributed by atoms with Crippen molar-refractivity contribution >= 4 is 10.8 Å². The predicted molar refractivity (Wildman–Crippen MR) is 82.3 cm³/mol. The molecule has 1 saturated heterocycles. The molecule has 0 aliphatic carbocycles. The van der Waals surface area contributed by atoms with Crippen LogP contribution in [0.3, 0.4) is 0 Å². The molecule has 112 valence electrons. The molecule has 2 aromatic carbocycles. The van der Waals surface area contributed by atoms with Crippen molar-refractivity contribution in [2.24, 2.45) is 0 Å². The zero-order valence-electron chi connectivity index (χ0n) is 12.0.